The van der Waals surface area contributed by atoms with E-state index in [-0.39, 0.29) is 22.9 Å². The number of hydrogen-bond acceptors (Lipinski definition) is 8. The van der Waals surface area contributed by atoms with Crippen molar-refractivity contribution in [3.63, 3.8) is 0 Å². The number of fused-ring (bicyclic) bond motifs is 1. The Labute approximate surface area is 177 Å². The van der Waals surface area contributed by atoms with Crippen LogP contribution in [0.3, 0.4) is 0 Å². The molecule has 0 spiro atoms. The predicted octanol–water partition coefficient (Wildman–Crippen LogP) is 3.50. The third-order valence-electron chi connectivity index (χ3n) is 4.99. The number of hydrogen-bond donors (Lipinski definition) is 0. The molecule has 8 nitrogen and oxygen atoms in total. The van der Waals surface area contributed by atoms with E-state index >= 15 is 0 Å². The Morgan fingerprint density at radius 2 is 2.00 bits per heavy atom. The normalized spacial score (nSPS) is 17.5. The Hall–Kier alpha value is -2.62. The third-order valence-corrected chi connectivity index (χ3v) is 6.17. The Bertz CT molecular complexity index is 982. The van der Waals surface area contributed by atoms with Crippen LogP contribution >= 0.6 is 11.3 Å². The van der Waals surface area contributed by atoms with Crippen molar-refractivity contribution in [2.24, 2.45) is 0 Å². The summed E-state index contributed by atoms with van der Waals surface area (Å²) in [5.74, 6) is -1.25. The Morgan fingerprint density at radius 1 is 1.27 bits per heavy atom. The molecule has 0 radical (unpaired) electrons. The minimum atomic E-state index is -0.569. The first-order valence-electron chi connectivity index (χ1n) is 9.89. The zero-order valence-corrected chi connectivity index (χ0v) is 17.6. The van der Waals surface area contributed by atoms with Gasteiger partial charge in [0.1, 0.15) is 11.1 Å². The van der Waals surface area contributed by atoms with Gasteiger partial charge in [-0.25, -0.2) is 9.78 Å². The summed E-state index contributed by atoms with van der Waals surface area (Å²) in [6.07, 6.45) is 2.26. The fraction of sp³-hybridized carbons (Fsp3) is 0.429. The van der Waals surface area contributed by atoms with Gasteiger partial charge in [-0.15, -0.1) is 11.3 Å². The monoisotopic (exact) mass is 430 g/mol. The van der Waals surface area contributed by atoms with Crippen molar-refractivity contribution >= 4 is 29.1 Å². The van der Waals surface area contributed by atoms with E-state index in [4.69, 9.17) is 14.2 Å². The molecule has 9 heteroatoms. The summed E-state index contributed by atoms with van der Waals surface area (Å²) in [5, 5.41) is 0.680. The van der Waals surface area contributed by atoms with Crippen LogP contribution in [0.15, 0.2) is 24.4 Å². The van der Waals surface area contributed by atoms with E-state index in [0.29, 0.717) is 30.3 Å². The lowest BCUT2D eigenvalue weighted by Gasteiger charge is -2.12. The molecule has 0 bridgehead atoms. The van der Waals surface area contributed by atoms with Gasteiger partial charge in [-0.2, -0.15) is 0 Å². The van der Waals surface area contributed by atoms with Crippen LogP contribution in [-0.2, 0) is 14.2 Å². The summed E-state index contributed by atoms with van der Waals surface area (Å²) in [6, 6.07) is 4.47. The lowest BCUT2D eigenvalue weighted by atomic mass is 10.1. The quantitative estimate of drug-likeness (QED) is 0.490. The van der Waals surface area contributed by atoms with Crippen LogP contribution in [0.4, 0.5) is 0 Å². The third kappa shape index (κ3) is 3.88. The van der Waals surface area contributed by atoms with Gasteiger partial charge in [-0.1, -0.05) is 13.3 Å². The number of carbonyl (C=O) groups excluding carboxylic acids is 3. The first-order valence-corrected chi connectivity index (χ1v) is 10.7. The summed E-state index contributed by atoms with van der Waals surface area (Å²) in [5.41, 5.74) is 0.796. The molecule has 1 fully saturated rings. The fourth-order valence-corrected chi connectivity index (χ4v) is 4.22. The van der Waals surface area contributed by atoms with Crippen molar-refractivity contribution < 1.29 is 28.6 Å². The van der Waals surface area contributed by atoms with Crippen LogP contribution in [0, 0.1) is 0 Å². The van der Waals surface area contributed by atoms with Crippen molar-refractivity contribution in [1.82, 2.24) is 9.88 Å². The molecule has 1 aromatic carbocycles. The first kappa shape index (κ1) is 20.6. The smallest absolute Gasteiger partial charge is 0.338 e. The first-order chi connectivity index (χ1) is 14.5. The van der Waals surface area contributed by atoms with Crippen LogP contribution in [0.1, 0.15) is 80.0 Å². The molecule has 2 aliphatic rings. The van der Waals surface area contributed by atoms with Gasteiger partial charge in [0.25, 0.3) is 11.8 Å². The number of amides is 2. The molecule has 0 aliphatic carbocycles. The molecule has 1 atom stereocenters. The molecule has 2 aromatic rings. The molecule has 2 aliphatic heterocycles. The van der Waals surface area contributed by atoms with Crippen molar-refractivity contribution in [2.45, 2.75) is 39.1 Å². The molecule has 3 heterocycles. The van der Waals surface area contributed by atoms with Gasteiger partial charge in [0.2, 0.25) is 6.29 Å². The number of unbranched alkanes of at least 4 members (excludes halogenated alkanes) is 1. The van der Waals surface area contributed by atoms with E-state index in [0.717, 1.165) is 17.7 Å². The maximum atomic E-state index is 12.6. The molecule has 1 saturated heterocycles. The summed E-state index contributed by atoms with van der Waals surface area (Å²) >= 11 is 1.36. The SMILES string of the molecule is CCCCN1C(=O)c2ccc(C(=O)OC(C)c3cnc(C4OCCO4)s3)cc2C1=O. The standard InChI is InChI=1S/C21H22N2O6S/c1-3-4-7-23-18(24)14-6-5-13(10-15(14)19(23)25)20(26)29-12(2)16-11-22-17(30-16)21-27-8-9-28-21/h5-6,10-12,21H,3-4,7-9H2,1-2H3. The van der Waals surface area contributed by atoms with E-state index in [1.54, 1.807) is 13.1 Å². The average Bonchev–Trinajstić information content (AvgIpc) is 3.48. The number of aromatic nitrogens is 1. The van der Waals surface area contributed by atoms with Gasteiger partial charge in [0, 0.05) is 12.7 Å². The number of imide groups is 1. The van der Waals surface area contributed by atoms with Crippen molar-refractivity contribution in [2.75, 3.05) is 19.8 Å². The predicted molar refractivity (Wildman–Crippen MR) is 107 cm³/mol. The van der Waals surface area contributed by atoms with Crippen molar-refractivity contribution in [3.8, 4) is 0 Å². The molecule has 0 N–H and O–H groups in total. The lowest BCUT2D eigenvalue weighted by molar-refractivity contribution is -0.0442. The molecule has 30 heavy (non-hydrogen) atoms. The fourth-order valence-electron chi connectivity index (χ4n) is 3.32. The minimum Gasteiger partial charge on any atom is -0.453 e. The van der Waals surface area contributed by atoms with Crippen molar-refractivity contribution in [1.29, 1.82) is 0 Å². The zero-order chi connectivity index (χ0) is 21.3. The molecule has 1 unspecified atom stereocenters. The number of benzene rings is 1. The number of nitrogens with zero attached hydrogens (tertiary/aromatic N) is 2. The van der Waals surface area contributed by atoms with Crippen LogP contribution in [0.2, 0.25) is 0 Å². The number of thiazole rings is 1. The Morgan fingerprint density at radius 3 is 2.73 bits per heavy atom. The average molecular weight is 430 g/mol. The van der Waals surface area contributed by atoms with E-state index in [9.17, 15) is 14.4 Å². The molecule has 4 rings (SSSR count). The maximum Gasteiger partial charge on any atom is 0.338 e. The summed E-state index contributed by atoms with van der Waals surface area (Å²) in [6.45, 7) is 5.17. The highest BCUT2D eigenvalue weighted by atomic mass is 32.1. The molecule has 0 saturated carbocycles. The maximum absolute atomic E-state index is 12.6. The molecular weight excluding hydrogens is 408 g/mol. The van der Waals surface area contributed by atoms with Gasteiger partial charge in [-0.05, 0) is 31.5 Å². The highest BCUT2D eigenvalue weighted by molar-refractivity contribution is 7.11. The topological polar surface area (TPSA) is 95.0 Å². The number of esters is 1. The Kier molecular flexibility index (Phi) is 5.94. The van der Waals surface area contributed by atoms with Crippen LogP contribution in [0.5, 0.6) is 0 Å². The van der Waals surface area contributed by atoms with Crippen LogP contribution < -0.4 is 0 Å². The van der Waals surface area contributed by atoms with Crippen molar-refractivity contribution in [3.05, 3.63) is 51.0 Å². The summed E-state index contributed by atoms with van der Waals surface area (Å²) in [4.78, 5) is 43.9. The second-order valence-electron chi connectivity index (χ2n) is 7.10. The molecular formula is C21H22N2O6S. The lowest BCUT2D eigenvalue weighted by Crippen LogP contribution is -2.30. The molecule has 2 amide bonds. The van der Waals surface area contributed by atoms with E-state index in [1.165, 1.54) is 34.4 Å². The summed E-state index contributed by atoms with van der Waals surface area (Å²) < 4.78 is 16.4. The highest BCUT2D eigenvalue weighted by Crippen LogP contribution is 2.32. The van der Waals surface area contributed by atoms with Gasteiger partial charge in [-0.3, -0.25) is 14.5 Å². The Balaban J connectivity index is 1.45. The van der Waals surface area contributed by atoms with Gasteiger partial charge in [0.15, 0.2) is 0 Å². The molecule has 1 aromatic heterocycles. The van der Waals surface area contributed by atoms with Gasteiger partial charge < -0.3 is 14.2 Å². The second-order valence-corrected chi connectivity index (χ2v) is 8.19. The van der Waals surface area contributed by atoms with Crippen LogP contribution in [-0.4, -0.2) is 47.4 Å². The van der Waals surface area contributed by atoms with E-state index in [2.05, 4.69) is 4.98 Å². The van der Waals surface area contributed by atoms with Gasteiger partial charge >= 0.3 is 5.97 Å². The van der Waals surface area contributed by atoms with Crippen LogP contribution in [0.25, 0.3) is 0 Å². The minimum absolute atomic E-state index is 0.228. The second kappa shape index (κ2) is 8.63. The number of carbonyl (C=O) groups is 3. The van der Waals surface area contributed by atoms with E-state index < -0.39 is 18.4 Å². The summed E-state index contributed by atoms with van der Waals surface area (Å²) in [7, 11) is 0. The number of ether oxygens (including phenoxy) is 3. The van der Waals surface area contributed by atoms with Gasteiger partial charge in [0.05, 0.1) is 34.8 Å². The largest absolute Gasteiger partial charge is 0.453 e. The number of rotatable bonds is 7. The zero-order valence-electron chi connectivity index (χ0n) is 16.8. The molecule has 158 valence electrons. The highest BCUT2D eigenvalue weighted by Gasteiger charge is 2.35. The van der Waals surface area contributed by atoms with E-state index in [1.807, 2.05) is 6.92 Å².